The Labute approximate surface area is 234 Å². The summed E-state index contributed by atoms with van der Waals surface area (Å²) in [6, 6.07) is 9.39. The van der Waals surface area contributed by atoms with Crippen molar-refractivity contribution < 1.29 is 18.1 Å². The first kappa shape index (κ1) is 30.1. The number of hydrogen-bond donors (Lipinski definition) is 4. The molecule has 1 unspecified atom stereocenters. The van der Waals surface area contributed by atoms with Crippen LogP contribution in [0.5, 0.6) is 11.5 Å². The van der Waals surface area contributed by atoms with Crippen molar-refractivity contribution in [2.45, 2.75) is 46.6 Å². The van der Waals surface area contributed by atoms with E-state index in [2.05, 4.69) is 20.1 Å². The van der Waals surface area contributed by atoms with Gasteiger partial charge >= 0.3 is 0 Å². The van der Waals surface area contributed by atoms with Gasteiger partial charge in [-0.15, -0.1) is 0 Å². The molecule has 3 aromatic rings. The van der Waals surface area contributed by atoms with Crippen LogP contribution in [0.15, 0.2) is 41.2 Å². The Hall–Kier alpha value is -3.41. The average Bonchev–Trinajstić information content (AvgIpc) is 3.74. The fraction of sp³-hybridized carbons (Fsp3) is 0.333. The van der Waals surface area contributed by atoms with E-state index in [-0.39, 0.29) is 45.2 Å². The minimum absolute atomic E-state index is 0.00879. The molecule has 1 aromatic heterocycles. The lowest BCUT2D eigenvalue weighted by molar-refractivity contribution is 0.0948. The molecule has 1 heterocycles. The van der Waals surface area contributed by atoms with E-state index in [0.29, 0.717) is 5.69 Å². The number of pyridine rings is 1. The van der Waals surface area contributed by atoms with Gasteiger partial charge < -0.3 is 15.4 Å². The summed E-state index contributed by atoms with van der Waals surface area (Å²) >= 11 is 4.92. The fourth-order valence-corrected chi connectivity index (χ4v) is 4.40. The number of ether oxygens (including phenoxy) is 1. The fourth-order valence-electron chi connectivity index (χ4n) is 3.66. The highest BCUT2D eigenvalue weighted by Gasteiger charge is 2.31. The Morgan fingerprint density at radius 3 is 2.46 bits per heavy atom. The van der Waals surface area contributed by atoms with Crippen molar-refractivity contribution >= 4 is 45.9 Å². The highest BCUT2D eigenvalue weighted by molar-refractivity contribution is 7.84. The molecule has 9 nitrogen and oxygen atoms in total. The largest absolute Gasteiger partial charge is 0.454 e. The smallest absolute Gasteiger partial charge is 0.259 e. The molecule has 0 saturated heterocycles. The summed E-state index contributed by atoms with van der Waals surface area (Å²) in [5.74, 6) is -0.849. The summed E-state index contributed by atoms with van der Waals surface area (Å²) < 4.78 is 39.3. The second-order valence-corrected chi connectivity index (χ2v) is 10.2. The van der Waals surface area contributed by atoms with Gasteiger partial charge in [-0.05, 0) is 63.6 Å². The number of halogens is 2. The van der Waals surface area contributed by atoms with E-state index in [9.17, 15) is 18.2 Å². The van der Waals surface area contributed by atoms with Gasteiger partial charge in [-0.2, -0.15) is 0 Å². The van der Waals surface area contributed by atoms with Crippen LogP contribution in [0.3, 0.4) is 0 Å². The predicted molar refractivity (Wildman–Crippen MR) is 155 cm³/mol. The first-order valence-electron chi connectivity index (χ1n) is 12.5. The number of hydrogen-bond acceptors (Lipinski definition) is 5. The quantitative estimate of drug-likeness (QED) is 0.270. The van der Waals surface area contributed by atoms with Gasteiger partial charge in [0.15, 0.2) is 16.9 Å². The molecular formula is C27H33ClFN5O4S. The molecule has 1 saturated carbocycles. The highest BCUT2D eigenvalue weighted by Crippen LogP contribution is 2.39. The standard InChI is InChI=1S/C25H27ClFN5O4S.C2H6/c1-13-8-11-17(16(27)12-13)30-23-20(24(33)29-15-9-10-15)22(14(2)25(34)32(23)4)36-19-7-5-6-18(21(19)26)31-37(35)28-3;1-2/h5-8,11-12,15,28,30-31H,9-10H2,1-4H3,(H,29,33);1-2H3. The second kappa shape index (κ2) is 13.1. The molecule has 2 aromatic carbocycles. The number of nitrogens with zero attached hydrogens (tertiary/aromatic N) is 1. The number of nitrogens with one attached hydrogen (secondary N) is 4. The molecule has 0 radical (unpaired) electrons. The minimum Gasteiger partial charge on any atom is -0.454 e. The summed E-state index contributed by atoms with van der Waals surface area (Å²) in [5, 5.41) is 5.93. The molecule has 0 bridgehead atoms. The molecule has 12 heteroatoms. The van der Waals surface area contributed by atoms with Crippen molar-refractivity contribution in [2.75, 3.05) is 17.1 Å². The lowest BCUT2D eigenvalue weighted by atomic mass is 10.1. The van der Waals surface area contributed by atoms with Gasteiger partial charge in [0.1, 0.15) is 28.0 Å². The number of carbonyl (C=O) groups excluding carboxylic acids is 1. The Balaban J connectivity index is 0.00000205. The number of anilines is 3. The minimum atomic E-state index is -1.60. The third-order valence-corrected chi connectivity index (χ3v) is 7.01. The summed E-state index contributed by atoms with van der Waals surface area (Å²) in [7, 11) is 3.00. The number of amides is 1. The first-order chi connectivity index (χ1) is 18.6. The number of aromatic nitrogens is 1. The van der Waals surface area contributed by atoms with Crippen LogP contribution in [0.4, 0.5) is 21.6 Å². The van der Waals surface area contributed by atoms with Crippen molar-refractivity contribution in [2.24, 2.45) is 7.05 Å². The third kappa shape index (κ3) is 6.97. The van der Waals surface area contributed by atoms with E-state index in [4.69, 9.17) is 16.3 Å². The van der Waals surface area contributed by atoms with Crippen molar-refractivity contribution in [1.29, 1.82) is 0 Å². The summed E-state index contributed by atoms with van der Waals surface area (Å²) in [6.45, 7) is 7.29. The Morgan fingerprint density at radius 1 is 1.15 bits per heavy atom. The molecule has 0 spiro atoms. The van der Waals surface area contributed by atoms with Crippen LogP contribution < -0.4 is 30.4 Å². The van der Waals surface area contributed by atoms with Crippen LogP contribution in [-0.4, -0.2) is 27.8 Å². The lowest BCUT2D eigenvalue weighted by Crippen LogP contribution is -2.31. The third-order valence-electron chi connectivity index (χ3n) is 5.85. The number of benzene rings is 2. The maximum atomic E-state index is 14.7. The van der Waals surface area contributed by atoms with Crippen LogP contribution >= 0.6 is 11.6 Å². The van der Waals surface area contributed by atoms with Gasteiger partial charge in [0.25, 0.3) is 11.5 Å². The summed E-state index contributed by atoms with van der Waals surface area (Å²) in [5.41, 5.74) is 0.868. The van der Waals surface area contributed by atoms with Crippen LogP contribution in [0.2, 0.25) is 5.02 Å². The van der Waals surface area contributed by atoms with Gasteiger partial charge in [0.2, 0.25) is 0 Å². The van der Waals surface area contributed by atoms with Crippen molar-refractivity contribution in [1.82, 2.24) is 14.6 Å². The Morgan fingerprint density at radius 2 is 1.85 bits per heavy atom. The zero-order valence-electron chi connectivity index (χ0n) is 22.7. The molecule has 210 valence electrons. The van der Waals surface area contributed by atoms with Gasteiger partial charge in [-0.1, -0.05) is 37.6 Å². The number of rotatable bonds is 9. The maximum absolute atomic E-state index is 14.7. The summed E-state index contributed by atoms with van der Waals surface area (Å²) in [4.78, 5) is 26.7. The molecule has 0 aliphatic heterocycles. The maximum Gasteiger partial charge on any atom is 0.259 e. The molecule has 4 N–H and O–H groups in total. The van der Waals surface area contributed by atoms with E-state index in [1.165, 1.54) is 37.7 Å². The lowest BCUT2D eigenvalue weighted by Gasteiger charge is -2.22. The summed E-state index contributed by atoms with van der Waals surface area (Å²) in [6.07, 6.45) is 1.67. The van der Waals surface area contributed by atoms with Gasteiger partial charge in [0, 0.05) is 13.1 Å². The van der Waals surface area contributed by atoms with Gasteiger partial charge in [-0.3, -0.25) is 18.9 Å². The zero-order chi connectivity index (χ0) is 28.9. The van der Waals surface area contributed by atoms with Crippen LogP contribution in [-0.2, 0) is 18.2 Å². The average molecular weight is 578 g/mol. The normalized spacial score (nSPS) is 13.1. The second-order valence-electron chi connectivity index (χ2n) is 8.69. The van der Waals surface area contributed by atoms with Crippen LogP contribution in [0.1, 0.15) is 48.2 Å². The molecule has 1 aliphatic carbocycles. The van der Waals surface area contributed by atoms with Crippen LogP contribution in [0, 0.1) is 19.7 Å². The number of carbonyl (C=O) groups is 1. The molecule has 1 atom stereocenters. The Bertz CT molecular complexity index is 1460. The SMILES string of the molecule is CC.CNS(=O)Nc1cccc(Oc2c(C(=O)NC3CC3)c(Nc3ccc(C)cc3F)n(C)c(=O)c2C)c1Cl. The van der Waals surface area contributed by atoms with Crippen LogP contribution in [0.25, 0.3) is 0 Å². The van der Waals surface area contributed by atoms with E-state index < -0.39 is 28.5 Å². The highest BCUT2D eigenvalue weighted by atomic mass is 35.5. The van der Waals surface area contributed by atoms with Crippen molar-refractivity contribution in [3.05, 3.63) is 74.3 Å². The van der Waals surface area contributed by atoms with E-state index in [1.807, 2.05) is 13.8 Å². The first-order valence-corrected chi connectivity index (χ1v) is 14.0. The molecule has 1 aliphatic rings. The molecular weight excluding hydrogens is 545 g/mol. The van der Waals surface area contributed by atoms with Gasteiger partial charge in [-0.25, -0.2) is 13.3 Å². The monoisotopic (exact) mass is 577 g/mol. The molecule has 4 rings (SSSR count). The number of aryl methyl sites for hydroxylation is 1. The van der Waals surface area contributed by atoms with Crippen molar-refractivity contribution in [3.63, 3.8) is 0 Å². The molecule has 39 heavy (non-hydrogen) atoms. The van der Waals surface area contributed by atoms with E-state index in [1.54, 1.807) is 31.2 Å². The predicted octanol–water partition coefficient (Wildman–Crippen LogP) is 5.46. The topological polar surface area (TPSA) is 113 Å². The molecule has 1 amide bonds. The Kier molecular flexibility index (Phi) is 10.1. The van der Waals surface area contributed by atoms with E-state index in [0.717, 1.165) is 18.4 Å². The van der Waals surface area contributed by atoms with Gasteiger partial charge in [0.05, 0.1) is 16.9 Å². The molecule has 1 fully saturated rings. The van der Waals surface area contributed by atoms with Crippen molar-refractivity contribution in [3.8, 4) is 11.5 Å². The zero-order valence-corrected chi connectivity index (χ0v) is 24.3. The van der Waals surface area contributed by atoms with E-state index >= 15 is 0 Å².